The number of aromatic nitrogens is 2. The fourth-order valence-electron chi connectivity index (χ4n) is 1.69. The first-order chi connectivity index (χ1) is 9.22. The maximum Gasteiger partial charge on any atom is 0.115 e. The van der Waals surface area contributed by atoms with Crippen LogP contribution in [0, 0.1) is 0 Å². The summed E-state index contributed by atoms with van der Waals surface area (Å²) in [7, 11) is 0. The minimum atomic E-state index is 0.966. The first-order valence-electron chi connectivity index (χ1n) is 6.28. The Morgan fingerprint density at radius 2 is 1.74 bits per heavy atom. The third kappa shape index (κ3) is 4.51. The van der Waals surface area contributed by atoms with E-state index in [1.165, 1.54) is 11.9 Å². The summed E-state index contributed by atoms with van der Waals surface area (Å²) in [6, 6.07) is 0. The Morgan fingerprint density at radius 3 is 2.26 bits per heavy atom. The predicted molar refractivity (Wildman–Crippen MR) is 82.5 cm³/mol. The van der Waals surface area contributed by atoms with Crippen molar-refractivity contribution < 1.29 is 0 Å². The van der Waals surface area contributed by atoms with E-state index in [9.17, 15) is 0 Å². The van der Waals surface area contributed by atoms with Gasteiger partial charge >= 0.3 is 0 Å². The standard InChI is InChI=1S/C17H20N2/c1-5-8-14(4)16(9-6-2)10-15(7-3)17-11-18-13-19-12-17/h5-13H,3H2,1-2,4H3/b8-5-,9-6-,15-10+,16-14+. The average molecular weight is 252 g/mol. The van der Waals surface area contributed by atoms with Gasteiger partial charge in [-0.2, -0.15) is 0 Å². The van der Waals surface area contributed by atoms with Crippen molar-refractivity contribution >= 4 is 5.57 Å². The van der Waals surface area contributed by atoms with Gasteiger partial charge in [0.1, 0.15) is 6.33 Å². The normalized spacial score (nSPS) is 13.9. The predicted octanol–water partition coefficient (Wildman–Crippen LogP) is 4.51. The van der Waals surface area contributed by atoms with Gasteiger partial charge in [-0.15, -0.1) is 0 Å². The van der Waals surface area contributed by atoms with Gasteiger partial charge in [0, 0.05) is 18.0 Å². The Hall–Kier alpha value is -2.22. The van der Waals surface area contributed by atoms with Gasteiger partial charge in [-0.3, -0.25) is 0 Å². The van der Waals surface area contributed by atoms with E-state index in [-0.39, 0.29) is 0 Å². The lowest BCUT2D eigenvalue weighted by Crippen LogP contribution is -1.87. The van der Waals surface area contributed by atoms with Crippen molar-refractivity contribution in [2.45, 2.75) is 20.8 Å². The summed E-state index contributed by atoms with van der Waals surface area (Å²) in [4.78, 5) is 8.08. The molecule has 1 aromatic rings. The van der Waals surface area contributed by atoms with Crippen LogP contribution in [-0.2, 0) is 0 Å². The van der Waals surface area contributed by atoms with Gasteiger partial charge in [0.2, 0.25) is 0 Å². The Kier molecular flexibility index (Phi) is 6.23. The first-order valence-corrected chi connectivity index (χ1v) is 6.28. The topological polar surface area (TPSA) is 25.8 Å². The lowest BCUT2D eigenvalue weighted by Gasteiger charge is -2.04. The first kappa shape index (κ1) is 14.8. The van der Waals surface area contributed by atoms with E-state index >= 15 is 0 Å². The van der Waals surface area contributed by atoms with Crippen molar-refractivity contribution in [2.24, 2.45) is 0 Å². The van der Waals surface area contributed by atoms with Crippen LogP contribution >= 0.6 is 0 Å². The van der Waals surface area contributed by atoms with Crippen LogP contribution in [-0.4, -0.2) is 9.97 Å². The average Bonchev–Trinajstić information content (AvgIpc) is 2.44. The van der Waals surface area contributed by atoms with Gasteiger partial charge in [-0.05, 0) is 43.6 Å². The molecule has 0 aliphatic carbocycles. The molecular formula is C17H20N2. The van der Waals surface area contributed by atoms with E-state index in [4.69, 9.17) is 0 Å². The number of hydrogen-bond acceptors (Lipinski definition) is 2. The molecule has 1 rings (SSSR count). The van der Waals surface area contributed by atoms with Crippen LogP contribution in [0.4, 0.5) is 0 Å². The van der Waals surface area contributed by atoms with Crippen molar-refractivity contribution in [3.63, 3.8) is 0 Å². The molecular weight excluding hydrogens is 232 g/mol. The molecule has 0 bridgehead atoms. The summed E-state index contributed by atoms with van der Waals surface area (Å²) in [5.41, 5.74) is 4.33. The summed E-state index contributed by atoms with van der Waals surface area (Å²) in [6.07, 6.45) is 17.3. The molecule has 0 radical (unpaired) electrons. The van der Waals surface area contributed by atoms with Crippen LogP contribution in [0.3, 0.4) is 0 Å². The Balaban J connectivity index is 3.28. The molecule has 0 spiro atoms. The Morgan fingerprint density at radius 1 is 1.11 bits per heavy atom. The highest BCUT2D eigenvalue weighted by Gasteiger charge is 2.00. The molecule has 1 aromatic heterocycles. The van der Waals surface area contributed by atoms with E-state index in [1.807, 2.05) is 32.1 Å². The van der Waals surface area contributed by atoms with E-state index in [2.05, 4.69) is 41.7 Å². The smallest absolute Gasteiger partial charge is 0.115 e. The molecule has 0 unspecified atom stereocenters. The maximum atomic E-state index is 4.04. The lowest BCUT2D eigenvalue weighted by molar-refractivity contribution is 1.15. The van der Waals surface area contributed by atoms with Crippen molar-refractivity contribution in [2.75, 3.05) is 0 Å². The highest BCUT2D eigenvalue weighted by Crippen LogP contribution is 2.19. The monoisotopic (exact) mass is 252 g/mol. The number of nitrogens with zero attached hydrogens (tertiary/aromatic N) is 2. The molecule has 0 saturated heterocycles. The Bertz CT molecular complexity index is 532. The van der Waals surface area contributed by atoms with Gasteiger partial charge in [0.25, 0.3) is 0 Å². The Labute approximate surface area is 115 Å². The zero-order chi connectivity index (χ0) is 14.1. The van der Waals surface area contributed by atoms with Gasteiger partial charge in [0.05, 0.1) is 0 Å². The zero-order valence-electron chi connectivity index (χ0n) is 11.8. The molecule has 0 saturated carbocycles. The van der Waals surface area contributed by atoms with Crippen LogP contribution in [0.15, 0.2) is 72.9 Å². The summed E-state index contributed by atoms with van der Waals surface area (Å²) in [6.45, 7) is 9.98. The second-order valence-electron chi connectivity index (χ2n) is 4.07. The molecule has 2 heteroatoms. The van der Waals surface area contributed by atoms with Crippen LogP contribution in [0.25, 0.3) is 5.57 Å². The van der Waals surface area contributed by atoms with Crippen LogP contribution in [0.2, 0.25) is 0 Å². The molecule has 0 aliphatic rings. The number of rotatable bonds is 5. The fraction of sp³-hybridized carbons (Fsp3) is 0.176. The number of allylic oxidation sites excluding steroid dienone is 9. The molecule has 98 valence electrons. The molecule has 0 aliphatic heterocycles. The SMILES string of the molecule is C=C\C(=C/C(/C=C\C)=C(C)/C=C\C)c1cncnc1. The molecule has 0 fully saturated rings. The molecule has 2 nitrogen and oxygen atoms in total. The van der Waals surface area contributed by atoms with Crippen molar-refractivity contribution in [3.8, 4) is 0 Å². The van der Waals surface area contributed by atoms with E-state index in [1.54, 1.807) is 12.4 Å². The minimum absolute atomic E-state index is 0.966. The van der Waals surface area contributed by atoms with Gasteiger partial charge in [0.15, 0.2) is 0 Å². The summed E-state index contributed by atoms with van der Waals surface area (Å²) >= 11 is 0. The highest BCUT2D eigenvalue weighted by atomic mass is 14.8. The van der Waals surface area contributed by atoms with Gasteiger partial charge in [-0.25, -0.2) is 9.97 Å². The second kappa shape index (κ2) is 7.98. The summed E-state index contributed by atoms with van der Waals surface area (Å²) in [5, 5.41) is 0. The fourth-order valence-corrected chi connectivity index (χ4v) is 1.69. The highest BCUT2D eigenvalue weighted by molar-refractivity contribution is 5.75. The number of hydrogen-bond donors (Lipinski definition) is 0. The second-order valence-corrected chi connectivity index (χ2v) is 4.07. The van der Waals surface area contributed by atoms with Crippen LogP contribution < -0.4 is 0 Å². The van der Waals surface area contributed by atoms with Gasteiger partial charge in [-0.1, -0.05) is 37.0 Å². The van der Waals surface area contributed by atoms with E-state index in [0.29, 0.717) is 0 Å². The quantitative estimate of drug-likeness (QED) is 0.720. The summed E-state index contributed by atoms with van der Waals surface area (Å²) < 4.78 is 0. The third-order valence-electron chi connectivity index (χ3n) is 2.64. The maximum absolute atomic E-state index is 4.04. The minimum Gasteiger partial charge on any atom is -0.244 e. The van der Waals surface area contributed by atoms with E-state index in [0.717, 1.165) is 16.7 Å². The third-order valence-corrected chi connectivity index (χ3v) is 2.64. The van der Waals surface area contributed by atoms with Crippen LogP contribution in [0.5, 0.6) is 0 Å². The molecule has 0 amide bonds. The van der Waals surface area contributed by atoms with Crippen LogP contribution in [0.1, 0.15) is 26.3 Å². The zero-order valence-corrected chi connectivity index (χ0v) is 11.8. The molecule has 1 heterocycles. The lowest BCUT2D eigenvalue weighted by atomic mass is 10.0. The van der Waals surface area contributed by atoms with E-state index < -0.39 is 0 Å². The van der Waals surface area contributed by atoms with Crippen molar-refractivity contribution in [3.05, 3.63) is 78.5 Å². The van der Waals surface area contributed by atoms with Crippen molar-refractivity contribution in [1.29, 1.82) is 0 Å². The molecule has 0 N–H and O–H groups in total. The molecule has 0 aromatic carbocycles. The molecule has 0 atom stereocenters. The summed E-state index contributed by atoms with van der Waals surface area (Å²) in [5.74, 6) is 0. The van der Waals surface area contributed by atoms with Gasteiger partial charge < -0.3 is 0 Å². The largest absolute Gasteiger partial charge is 0.244 e. The molecule has 19 heavy (non-hydrogen) atoms. The van der Waals surface area contributed by atoms with Crippen molar-refractivity contribution in [1.82, 2.24) is 9.97 Å².